The van der Waals surface area contributed by atoms with E-state index in [0.29, 0.717) is 6.61 Å². The maximum Gasteiger partial charge on any atom is 0.348 e. The van der Waals surface area contributed by atoms with Gasteiger partial charge in [-0.25, -0.2) is 4.79 Å². The summed E-state index contributed by atoms with van der Waals surface area (Å²) in [5.74, 6) is -0.318. The average molecular weight is 382 g/mol. The van der Waals surface area contributed by atoms with Gasteiger partial charge >= 0.3 is 5.97 Å². The van der Waals surface area contributed by atoms with Gasteiger partial charge in [0.2, 0.25) is 5.60 Å². The third-order valence-corrected chi connectivity index (χ3v) is 5.32. The Morgan fingerprint density at radius 2 is 1.68 bits per heavy atom. The van der Waals surface area contributed by atoms with Crippen molar-refractivity contribution in [1.82, 2.24) is 4.90 Å². The summed E-state index contributed by atoms with van der Waals surface area (Å²) in [4.78, 5) is 15.9. The van der Waals surface area contributed by atoms with E-state index in [1.54, 1.807) is 0 Å². The van der Waals surface area contributed by atoms with Crippen molar-refractivity contribution in [3.8, 4) is 0 Å². The van der Waals surface area contributed by atoms with Crippen LogP contribution in [0, 0.1) is 0 Å². The molecule has 1 aliphatic heterocycles. The molecule has 0 aromatic heterocycles. The Bertz CT molecular complexity index is 693. The highest BCUT2D eigenvalue weighted by Gasteiger charge is 2.46. The number of likely N-dealkylation sites (tertiary alicyclic amines) is 1. The number of benzene rings is 2. The molecule has 1 fully saturated rings. The quantitative estimate of drug-likeness (QED) is 0.502. The second kappa shape index (κ2) is 9.85. The van der Waals surface area contributed by atoms with Gasteiger partial charge in [-0.15, -0.1) is 0 Å². The predicted octanol–water partition coefficient (Wildman–Crippen LogP) is 4.38. The Kier molecular flexibility index (Phi) is 7.24. The summed E-state index contributed by atoms with van der Waals surface area (Å²) >= 11 is 0. The number of unbranched alkanes of at least 4 members (excludes halogenated alkanes) is 1. The van der Waals surface area contributed by atoms with Gasteiger partial charge in [0.15, 0.2) is 0 Å². The number of esters is 1. The van der Waals surface area contributed by atoms with E-state index in [0.717, 1.165) is 49.9 Å². The van der Waals surface area contributed by atoms with Crippen molar-refractivity contribution in [3.05, 3.63) is 71.8 Å². The van der Waals surface area contributed by atoms with Gasteiger partial charge in [-0.05, 0) is 44.0 Å². The van der Waals surface area contributed by atoms with Crippen LogP contribution in [0.2, 0.25) is 0 Å². The number of ether oxygens (including phenoxy) is 2. The van der Waals surface area contributed by atoms with E-state index < -0.39 is 5.60 Å². The minimum atomic E-state index is -1.24. The fraction of sp³-hybridized carbons (Fsp3) is 0.458. The van der Waals surface area contributed by atoms with Crippen LogP contribution in [-0.4, -0.2) is 43.7 Å². The normalized spacial score (nSPS) is 18.0. The molecule has 1 atom stereocenters. The lowest BCUT2D eigenvalue weighted by molar-refractivity contribution is -0.176. The van der Waals surface area contributed by atoms with Gasteiger partial charge in [0.25, 0.3) is 0 Å². The van der Waals surface area contributed by atoms with E-state index in [4.69, 9.17) is 9.47 Å². The van der Waals surface area contributed by atoms with Gasteiger partial charge in [0, 0.05) is 13.2 Å². The molecule has 0 saturated carbocycles. The molecule has 1 unspecified atom stereocenters. The second-order valence-corrected chi connectivity index (χ2v) is 7.55. The molecule has 0 radical (unpaired) electrons. The van der Waals surface area contributed by atoms with Gasteiger partial charge in [0.05, 0.1) is 0 Å². The van der Waals surface area contributed by atoms with Gasteiger partial charge in [-0.1, -0.05) is 74.0 Å². The number of hydrogen-bond donors (Lipinski definition) is 0. The Hall–Kier alpha value is -2.17. The van der Waals surface area contributed by atoms with Gasteiger partial charge in [0.1, 0.15) is 6.10 Å². The summed E-state index contributed by atoms with van der Waals surface area (Å²) in [7, 11) is 2.07. The standard InChI is InChI=1S/C24H31NO3/c1-3-4-18-27-24(20-12-7-5-8-13-20,21-14-9-6-10-15-21)23(26)28-22-16-11-17-25(2)19-22/h5-10,12-15,22H,3-4,11,16-19H2,1-2H3. The van der Waals surface area contributed by atoms with Crippen molar-refractivity contribution < 1.29 is 14.3 Å². The highest BCUT2D eigenvalue weighted by molar-refractivity contribution is 5.86. The number of rotatable bonds is 8. The summed E-state index contributed by atoms with van der Waals surface area (Å²) in [6, 6.07) is 19.5. The summed E-state index contributed by atoms with van der Waals surface area (Å²) < 4.78 is 12.4. The molecule has 2 aromatic rings. The molecular weight excluding hydrogens is 350 g/mol. The molecule has 4 nitrogen and oxygen atoms in total. The first kappa shape index (κ1) is 20.6. The van der Waals surface area contributed by atoms with E-state index in [1.165, 1.54) is 0 Å². The third-order valence-electron chi connectivity index (χ3n) is 5.32. The Morgan fingerprint density at radius 1 is 1.07 bits per heavy atom. The van der Waals surface area contributed by atoms with Crippen LogP contribution in [0.15, 0.2) is 60.7 Å². The first-order valence-corrected chi connectivity index (χ1v) is 10.3. The van der Waals surface area contributed by atoms with Crippen molar-refractivity contribution in [2.24, 2.45) is 0 Å². The zero-order valence-electron chi connectivity index (χ0n) is 17.0. The van der Waals surface area contributed by atoms with Crippen LogP contribution in [-0.2, 0) is 19.9 Å². The number of carbonyl (C=O) groups excluding carboxylic acids is 1. The maximum atomic E-state index is 13.7. The molecule has 4 heteroatoms. The predicted molar refractivity (Wildman–Crippen MR) is 111 cm³/mol. The Morgan fingerprint density at radius 3 is 2.21 bits per heavy atom. The smallest absolute Gasteiger partial charge is 0.348 e. The van der Waals surface area contributed by atoms with Crippen molar-refractivity contribution in [2.75, 3.05) is 26.7 Å². The van der Waals surface area contributed by atoms with E-state index >= 15 is 0 Å². The fourth-order valence-electron chi connectivity index (χ4n) is 3.79. The average Bonchev–Trinajstić information content (AvgIpc) is 2.73. The highest BCUT2D eigenvalue weighted by Crippen LogP contribution is 2.36. The summed E-state index contributed by atoms with van der Waals surface area (Å²) in [5.41, 5.74) is 0.381. The molecule has 28 heavy (non-hydrogen) atoms. The number of likely N-dealkylation sites (N-methyl/N-ethyl adjacent to an activating group) is 1. The fourth-order valence-corrected chi connectivity index (χ4v) is 3.79. The van der Waals surface area contributed by atoms with E-state index in [2.05, 4.69) is 18.9 Å². The highest BCUT2D eigenvalue weighted by atomic mass is 16.6. The van der Waals surface area contributed by atoms with Crippen molar-refractivity contribution in [2.45, 2.75) is 44.3 Å². The van der Waals surface area contributed by atoms with E-state index in [-0.39, 0.29) is 12.1 Å². The molecule has 1 saturated heterocycles. The summed E-state index contributed by atoms with van der Waals surface area (Å²) in [6.07, 6.45) is 3.72. The lowest BCUT2D eigenvalue weighted by atomic mass is 9.85. The number of piperidine rings is 1. The number of nitrogens with zero attached hydrogens (tertiary/aromatic N) is 1. The Balaban J connectivity index is 1.99. The summed E-state index contributed by atoms with van der Waals surface area (Å²) in [6.45, 7) is 4.43. The first-order valence-electron chi connectivity index (χ1n) is 10.3. The molecule has 0 bridgehead atoms. The molecule has 0 N–H and O–H groups in total. The van der Waals surface area contributed by atoms with Crippen LogP contribution >= 0.6 is 0 Å². The monoisotopic (exact) mass is 381 g/mol. The van der Waals surface area contributed by atoms with E-state index in [1.807, 2.05) is 60.7 Å². The molecular formula is C24H31NO3. The molecule has 0 amide bonds. The van der Waals surface area contributed by atoms with Crippen LogP contribution in [0.4, 0.5) is 0 Å². The maximum absolute atomic E-state index is 13.7. The largest absolute Gasteiger partial charge is 0.458 e. The van der Waals surface area contributed by atoms with Gasteiger partial charge < -0.3 is 14.4 Å². The van der Waals surface area contributed by atoms with Crippen LogP contribution in [0.3, 0.4) is 0 Å². The zero-order valence-corrected chi connectivity index (χ0v) is 17.0. The topological polar surface area (TPSA) is 38.8 Å². The SMILES string of the molecule is CCCCOC(C(=O)OC1CCCN(C)C1)(c1ccccc1)c1ccccc1. The Labute approximate surface area is 168 Å². The van der Waals surface area contributed by atoms with Gasteiger partial charge in [-0.2, -0.15) is 0 Å². The van der Waals surface area contributed by atoms with Crippen molar-refractivity contribution in [3.63, 3.8) is 0 Å². The molecule has 1 heterocycles. The van der Waals surface area contributed by atoms with Crippen LogP contribution in [0.1, 0.15) is 43.7 Å². The van der Waals surface area contributed by atoms with Crippen LogP contribution in [0.25, 0.3) is 0 Å². The minimum Gasteiger partial charge on any atom is -0.458 e. The molecule has 150 valence electrons. The lowest BCUT2D eigenvalue weighted by Gasteiger charge is -2.36. The molecule has 2 aromatic carbocycles. The van der Waals surface area contributed by atoms with Crippen LogP contribution in [0.5, 0.6) is 0 Å². The molecule has 0 spiro atoms. The minimum absolute atomic E-state index is 0.104. The molecule has 0 aliphatic carbocycles. The van der Waals surface area contributed by atoms with Crippen LogP contribution < -0.4 is 0 Å². The third kappa shape index (κ3) is 4.62. The van der Waals surface area contributed by atoms with Crippen molar-refractivity contribution >= 4 is 5.97 Å². The number of hydrogen-bond acceptors (Lipinski definition) is 4. The van der Waals surface area contributed by atoms with Gasteiger partial charge in [-0.3, -0.25) is 0 Å². The lowest BCUT2D eigenvalue weighted by Crippen LogP contribution is -2.46. The molecule has 1 aliphatic rings. The second-order valence-electron chi connectivity index (χ2n) is 7.55. The number of carbonyl (C=O) groups is 1. The summed E-state index contributed by atoms with van der Waals surface area (Å²) in [5, 5.41) is 0. The van der Waals surface area contributed by atoms with Crippen molar-refractivity contribution in [1.29, 1.82) is 0 Å². The zero-order chi connectivity index (χ0) is 19.8. The van der Waals surface area contributed by atoms with E-state index in [9.17, 15) is 4.79 Å². The molecule has 3 rings (SSSR count). The first-order chi connectivity index (χ1) is 13.7.